The highest BCUT2D eigenvalue weighted by atomic mass is 16.5. The number of hydrogen-bond acceptors (Lipinski definition) is 4. The third kappa shape index (κ3) is 3.79. The van der Waals surface area contributed by atoms with E-state index in [-0.39, 0.29) is 5.41 Å². The average Bonchev–Trinajstić information content (AvgIpc) is 2.49. The molecule has 22 heavy (non-hydrogen) atoms. The molecule has 0 aliphatic carbocycles. The summed E-state index contributed by atoms with van der Waals surface area (Å²) in [6.07, 6.45) is 1.37. The molecule has 116 valence electrons. The predicted molar refractivity (Wildman–Crippen MR) is 87.6 cm³/mol. The van der Waals surface area contributed by atoms with Gasteiger partial charge in [-0.15, -0.1) is 0 Å². The summed E-state index contributed by atoms with van der Waals surface area (Å²) in [5.74, 6) is 2.34. The van der Waals surface area contributed by atoms with Crippen molar-refractivity contribution in [2.24, 2.45) is 5.16 Å². The van der Waals surface area contributed by atoms with E-state index >= 15 is 0 Å². The monoisotopic (exact) mass is 299 g/mol. The van der Waals surface area contributed by atoms with E-state index in [9.17, 15) is 0 Å². The Labute approximate surface area is 131 Å². The molecule has 2 aromatic carbocycles. The van der Waals surface area contributed by atoms with Crippen LogP contribution in [0, 0.1) is 0 Å². The van der Waals surface area contributed by atoms with Crippen LogP contribution in [0.2, 0.25) is 0 Å². The molecule has 0 bridgehead atoms. The van der Waals surface area contributed by atoms with Crippen molar-refractivity contribution in [1.82, 2.24) is 0 Å². The normalized spacial score (nSPS) is 11.6. The first-order valence-corrected chi connectivity index (χ1v) is 7.08. The minimum absolute atomic E-state index is 0.0621. The number of hydrogen-bond donors (Lipinski definition) is 1. The molecule has 0 aromatic heterocycles. The summed E-state index contributed by atoms with van der Waals surface area (Å²) in [7, 11) is 1.66. The van der Waals surface area contributed by atoms with E-state index in [0.29, 0.717) is 0 Å². The molecular formula is C18H21NO3. The number of nitrogens with zero attached hydrogens (tertiary/aromatic N) is 1. The first kappa shape index (κ1) is 15.9. The van der Waals surface area contributed by atoms with E-state index in [1.54, 1.807) is 7.11 Å². The van der Waals surface area contributed by atoms with Gasteiger partial charge in [0.05, 0.1) is 13.3 Å². The van der Waals surface area contributed by atoms with Crippen molar-refractivity contribution in [3.8, 4) is 17.2 Å². The molecule has 0 unspecified atom stereocenters. The molecule has 0 saturated heterocycles. The van der Waals surface area contributed by atoms with Crippen LogP contribution in [0.25, 0.3) is 0 Å². The maximum atomic E-state index is 8.53. The summed E-state index contributed by atoms with van der Waals surface area (Å²) in [6, 6.07) is 13.1. The van der Waals surface area contributed by atoms with Crippen LogP contribution in [0.15, 0.2) is 47.6 Å². The molecule has 4 nitrogen and oxygen atoms in total. The van der Waals surface area contributed by atoms with Gasteiger partial charge in [-0.25, -0.2) is 0 Å². The molecule has 2 aromatic rings. The van der Waals surface area contributed by atoms with Gasteiger partial charge in [0.2, 0.25) is 0 Å². The van der Waals surface area contributed by atoms with Crippen molar-refractivity contribution in [2.45, 2.75) is 26.2 Å². The summed E-state index contributed by atoms with van der Waals surface area (Å²) >= 11 is 0. The first-order valence-electron chi connectivity index (χ1n) is 7.08. The van der Waals surface area contributed by atoms with Gasteiger partial charge >= 0.3 is 0 Å². The lowest BCUT2D eigenvalue weighted by Crippen LogP contribution is -2.12. The molecule has 1 N–H and O–H groups in total. The van der Waals surface area contributed by atoms with Crippen molar-refractivity contribution in [2.75, 3.05) is 7.11 Å². The fourth-order valence-electron chi connectivity index (χ4n) is 2.13. The minimum atomic E-state index is -0.0621. The molecule has 0 atom stereocenters. The van der Waals surface area contributed by atoms with Gasteiger partial charge < -0.3 is 14.7 Å². The van der Waals surface area contributed by atoms with E-state index in [4.69, 9.17) is 14.7 Å². The maximum Gasteiger partial charge on any atom is 0.131 e. The fourth-order valence-corrected chi connectivity index (χ4v) is 2.13. The molecule has 0 aliphatic rings. The van der Waals surface area contributed by atoms with Crippen molar-refractivity contribution < 1.29 is 14.7 Å². The largest absolute Gasteiger partial charge is 0.497 e. The van der Waals surface area contributed by atoms with Crippen LogP contribution in [0.1, 0.15) is 31.9 Å². The third-order valence-electron chi connectivity index (χ3n) is 3.31. The molecule has 0 aliphatic heterocycles. The first-order chi connectivity index (χ1) is 10.4. The van der Waals surface area contributed by atoms with E-state index < -0.39 is 0 Å². The van der Waals surface area contributed by atoms with Gasteiger partial charge in [0, 0.05) is 5.56 Å². The van der Waals surface area contributed by atoms with Crippen molar-refractivity contribution in [1.29, 1.82) is 0 Å². The van der Waals surface area contributed by atoms with Gasteiger partial charge in [-0.2, -0.15) is 0 Å². The van der Waals surface area contributed by atoms with E-state index in [1.807, 2.05) is 42.5 Å². The smallest absolute Gasteiger partial charge is 0.131 e. The Hall–Kier alpha value is -2.49. The minimum Gasteiger partial charge on any atom is -0.497 e. The van der Waals surface area contributed by atoms with Crippen molar-refractivity contribution >= 4 is 6.21 Å². The molecule has 0 amide bonds. The van der Waals surface area contributed by atoms with Crippen LogP contribution in [-0.4, -0.2) is 18.5 Å². The van der Waals surface area contributed by atoms with E-state index in [0.717, 1.165) is 28.4 Å². The third-order valence-corrected chi connectivity index (χ3v) is 3.31. The average molecular weight is 299 g/mol. The second-order valence-electron chi connectivity index (χ2n) is 6.03. The molecule has 0 spiro atoms. The Balaban J connectivity index is 2.32. The topological polar surface area (TPSA) is 51.0 Å². The zero-order chi connectivity index (χ0) is 16.2. The van der Waals surface area contributed by atoms with Gasteiger partial charge in [0.25, 0.3) is 0 Å². The maximum absolute atomic E-state index is 8.53. The Morgan fingerprint density at radius 2 is 1.64 bits per heavy atom. The molecule has 0 radical (unpaired) electrons. The van der Waals surface area contributed by atoms with Gasteiger partial charge in [-0.1, -0.05) is 25.9 Å². The summed E-state index contributed by atoms with van der Waals surface area (Å²) in [4.78, 5) is 0. The highest BCUT2D eigenvalue weighted by molar-refractivity contribution is 5.79. The summed E-state index contributed by atoms with van der Waals surface area (Å²) < 4.78 is 11.3. The Morgan fingerprint density at radius 3 is 2.18 bits per heavy atom. The fraction of sp³-hybridized carbons (Fsp3) is 0.278. The quantitative estimate of drug-likeness (QED) is 0.510. The lowest BCUT2D eigenvalue weighted by atomic mass is 9.86. The summed E-state index contributed by atoms with van der Waals surface area (Å²) in [5.41, 5.74) is 1.82. The number of ether oxygens (including phenoxy) is 2. The van der Waals surface area contributed by atoms with Crippen LogP contribution in [0.5, 0.6) is 17.2 Å². The van der Waals surface area contributed by atoms with E-state index in [2.05, 4.69) is 25.9 Å². The van der Waals surface area contributed by atoms with Crippen LogP contribution in [0.4, 0.5) is 0 Å². The lowest BCUT2D eigenvalue weighted by molar-refractivity contribution is 0.322. The standard InChI is InChI=1S/C18H21NO3/c1-18(2,3)16-11-15(21-4)9-10-17(16)22-14-7-5-13(6-8-14)12-19-20/h5-12,20H,1-4H3. The van der Waals surface area contributed by atoms with Crippen molar-refractivity contribution in [3.05, 3.63) is 53.6 Å². The molecule has 2 rings (SSSR count). The number of rotatable bonds is 4. The molecule has 0 fully saturated rings. The summed E-state index contributed by atoms with van der Waals surface area (Å²) in [5, 5.41) is 11.5. The van der Waals surface area contributed by atoms with Gasteiger partial charge in [0.15, 0.2) is 0 Å². The second-order valence-corrected chi connectivity index (χ2v) is 6.03. The van der Waals surface area contributed by atoms with Gasteiger partial charge in [-0.05, 0) is 53.4 Å². The van der Waals surface area contributed by atoms with Gasteiger partial charge in [-0.3, -0.25) is 0 Å². The molecule has 4 heteroatoms. The van der Waals surface area contributed by atoms with Gasteiger partial charge in [0.1, 0.15) is 17.2 Å². The van der Waals surface area contributed by atoms with E-state index in [1.165, 1.54) is 6.21 Å². The van der Waals surface area contributed by atoms with Crippen LogP contribution < -0.4 is 9.47 Å². The van der Waals surface area contributed by atoms with Crippen LogP contribution in [0.3, 0.4) is 0 Å². The predicted octanol–water partition coefficient (Wildman–Crippen LogP) is 4.59. The zero-order valence-corrected chi connectivity index (χ0v) is 13.3. The van der Waals surface area contributed by atoms with Crippen LogP contribution in [-0.2, 0) is 5.41 Å². The summed E-state index contributed by atoms with van der Waals surface area (Å²) in [6.45, 7) is 6.40. The highest BCUT2D eigenvalue weighted by Gasteiger charge is 2.20. The Bertz CT molecular complexity index is 655. The molecule has 0 saturated carbocycles. The highest BCUT2D eigenvalue weighted by Crippen LogP contribution is 2.36. The second kappa shape index (κ2) is 6.52. The zero-order valence-electron chi connectivity index (χ0n) is 13.3. The molecular weight excluding hydrogens is 278 g/mol. The Kier molecular flexibility index (Phi) is 4.71. The van der Waals surface area contributed by atoms with Crippen LogP contribution >= 0.6 is 0 Å². The number of benzene rings is 2. The number of methoxy groups -OCH3 is 1. The SMILES string of the molecule is COc1ccc(Oc2ccc(C=NO)cc2)c(C(C)(C)C)c1. The van der Waals surface area contributed by atoms with Crippen molar-refractivity contribution in [3.63, 3.8) is 0 Å². The Morgan fingerprint density at radius 1 is 1.00 bits per heavy atom. The number of oxime groups is 1. The molecule has 0 heterocycles. The lowest BCUT2D eigenvalue weighted by Gasteiger charge is -2.23.